The zero-order valence-electron chi connectivity index (χ0n) is 15.3. The lowest BCUT2D eigenvalue weighted by Crippen LogP contribution is -2.31. The topological polar surface area (TPSA) is 58.6 Å². The molecule has 2 amide bonds. The van der Waals surface area contributed by atoms with Gasteiger partial charge in [0.1, 0.15) is 5.75 Å². The van der Waals surface area contributed by atoms with Gasteiger partial charge in [0, 0.05) is 14.1 Å². The molecule has 1 atom stereocenters. The third-order valence-corrected chi connectivity index (χ3v) is 3.84. The number of carbonyl (C=O) groups excluding carboxylic acids is 2. The Morgan fingerprint density at radius 2 is 1.76 bits per heavy atom. The molecule has 1 N–H and O–H groups in total. The normalized spacial score (nSPS) is 11.6. The summed E-state index contributed by atoms with van der Waals surface area (Å²) in [5.41, 5.74) is 2.95. The van der Waals surface area contributed by atoms with E-state index in [9.17, 15) is 9.59 Å². The monoisotopic (exact) mass is 340 g/mol. The van der Waals surface area contributed by atoms with Crippen molar-refractivity contribution in [1.29, 1.82) is 0 Å². The van der Waals surface area contributed by atoms with Crippen LogP contribution in [0.3, 0.4) is 0 Å². The van der Waals surface area contributed by atoms with E-state index in [1.54, 1.807) is 45.3 Å². The number of hydrogen-bond donors (Lipinski definition) is 1. The molecule has 0 heterocycles. The SMILES string of the molecule is Cc1ccc(C)c(OC(C)C(=O)Nc2ccccc2C(=O)N(C)C)c1. The van der Waals surface area contributed by atoms with Gasteiger partial charge in [0.25, 0.3) is 11.8 Å². The van der Waals surface area contributed by atoms with E-state index in [-0.39, 0.29) is 11.8 Å². The molecule has 5 nitrogen and oxygen atoms in total. The van der Waals surface area contributed by atoms with Crippen molar-refractivity contribution in [3.05, 3.63) is 59.2 Å². The second-order valence-electron chi connectivity index (χ2n) is 6.26. The second-order valence-corrected chi connectivity index (χ2v) is 6.26. The van der Waals surface area contributed by atoms with Crippen LogP contribution in [-0.4, -0.2) is 36.9 Å². The van der Waals surface area contributed by atoms with Crippen molar-refractivity contribution >= 4 is 17.5 Å². The van der Waals surface area contributed by atoms with Crippen molar-refractivity contribution in [2.24, 2.45) is 0 Å². The fourth-order valence-electron chi connectivity index (χ4n) is 2.33. The van der Waals surface area contributed by atoms with Gasteiger partial charge in [-0.25, -0.2) is 0 Å². The Hall–Kier alpha value is -2.82. The van der Waals surface area contributed by atoms with E-state index < -0.39 is 6.10 Å². The van der Waals surface area contributed by atoms with Crippen LogP contribution in [0.1, 0.15) is 28.4 Å². The van der Waals surface area contributed by atoms with Crippen molar-refractivity contribution in [1.82, 2.24) is 4.90 Å². The number of ether oxygens (including phenoxy) is 1. The molecule has 132 valence electrons. The molecule has 0 aliphatic carbocycles. The molecule has 0 aliphatic rings. The van der Waals surface area contributed by atoms with E-state index in [1.807, 2.05) is 32.0 Å². The largest absolute Gasteiger partial charge is 0.481 e. The van der Waals surface area contributed by atoms with E-state index in [1.165, 1.54) is 4.90 Å². The fourth-order valence-corrected chi connectivity index (χ4v) is 2.33. The maximum atomic E-state index is 12.5. The van der Waals surface area contributed by atoms with Gasteiger partial charge in [0.05, 0.1) is 11.3 Å². The zero-order chi connectivity index (χ0) is 18.6. The van der Waals surface area contributed by atoms with Gasteiger partial charge in [-0.3, -0.25) is 9.59 Å². The molecule has 25 heavy (non-hydrogen) atoms. The molecule has 0 fully saturated rings. The summed E-state index contributed by atoms with van der Waals surface area (Å²) in [6.45, 7) is 5.60. The van der Waals surface area contributed by atoms with Crippen LogP contribution in [0.15, 0.2) is 42.5 Å². The van der Waals surface area contributed by atoms with Crippen molar-refractivity contribution < 1.29 is 14.3 Å². The van der Waals surface area contributed by atoms with Crippen LogP contribution < -0.4 is 10.1 Å². The number of aryl methyl sites for hydroxylation is 2. The van der Waals surface area contributed by atoms with Crippen LogP contribution in [0, 0.1) is 13.8 Å². The first-order valence-electron chi connectivity index (χ1n) is 8.15. The van der Waals surface area contributed by atoms with Gasteiger partial charge in [-0.1, -0.05) is 24.3 Å². The van der Waals surface area contributed by atoms with Crippen molar-refractivity contribution in [3.63, 3.8) is 0 Å². The maximum Gasteiger partial charge on any atom is 0.265 e. The summed E-state index contributed by atoms with van der Waals surface area (Å²) >= 11 is 0. The minimum absolute atomic E-state index is 0.168. The molecule has 0 spiro atoms. The van der Waals surface area contributed by atoms with E-state index in [0.717, 1.165) is 11.1 Å². The number of carbonyl (C=O) groups is 2. The quantitative estimate of drug-likeness (QED) is 0.907. The summed E-state index contributed by atoms with van der Waals surface area (Å²) < 4.78 is 5.80. The number of nitrogens with one attached hydrogen (secondary N) is 1. The first kappa shape index (κ1) is 18.5. The Bertz CT molecular complexity index is 784. The van der Waals surface area contributed by atoms with Crippen molar-refractivity contribution in [2.75, 3.05) is 19.4 Å². The van der Waals surface area contributed by atoms with Gasteiger partial charge < -0.3 is 15.0 Å². The van der Waals surface area contributed by atoms with Crippen LogP contribution in [0.4, 0.5) is 5.69 Å². The molecule has 0 saturated heterocycles. The third kappa shape index (κ3) is 4.59. The van der Waals surface area contributed by atoms with Crippen molar-refractivity contribution in [3.8, 4) is 5.75 Å². The Labute approximate surface area is 148 Å². The zero-order valence-corrected chi connectivity index (χ0v) is 15.3. The van der Waals surface area contributed by atoms with Gasteiger partial charge in [-0.05, 0) is 50.1 Å². The number of nitrogens with zero attached hydrogens (tertiary/aromatic N) is 1. The van der Waals surface area contributed by atoms with Crippen LogP contribution in [0.25, 0.3) is 0 Å². The number of benzene rings is 2. The van der Waals surface area contributed by atoms with Crippen LogP contribution in [0.5, 0.6) is 5.75 Å². The highest BCUT2D eigenvalue weighted by atomic mass is 16.5. The average molecular weight is 340 g/mol. The molecule has 0 bridgehead atoms. The van der Waals surface area contributed by atoms with E-state index in [2.05, 4.69) is 5.32 Å². The lowest BCUT2D eigenvalue weighted by atomic mass is 10.1. The predicted molar refractivity (Wildman–Crippen MR) is 99.1 cm³/mol. The molecular formula is C20H24N2O3. The number of para-hydroxylation sites is 1. The third-order valence-electron chi connectivity index (χ3n) is 3.84. The minimum atomic E-state index is -0.692. The lowest BCUT2D eigenvalue weighted by Gasteiger charge is -2.18. The van der Waals surface area contributed by atoms with Crippen molar-refractivity contribution in [2.45, 2.75) is 26.9 Å². The minimum Gasteiger partial charge on any atom is -0.481 e. The fraction of sp³-hybridized carbons (Fsp3) is 0.300. The highest BCUT2D eigenvalue weighted by molar-refractivity contribution is 6.04. The van der Waals surface area contributed by atoms with Crippen LogP contribution in [0.2, 0.25) is 0 Å². The molecule has 0 radical (unpaired) electrons. The Balaban J connectivity index is 2.14. The summed E-state index contributed by atoms with van der Waals surface area (Å²) in [4.78, 5) is 26.2. The van der Waals surface area contributed by atoms with Crippen LogP contribution in [-0.2, 0) is 4.79 Å². The standard InChI is InChI=1S/C20H24N2O3/c1-13-10-11-14(2)18(12-13)25-15(3)19(23)21-17-9-7-6-8-16(17)20(24)22(4)5/h6-12,15H,1-5H3,(H,21,23). The van der Waals surface area contributed by atoms with E-state index in [4.69, 9.17) is 4.74 Å². The maximum absolute atomic E-state index is 12.5. The van der Waals surface area contributed by atoms with E-state index in [0.29, 0.717) is 17.0 Å². The van der Waals surface area contributed by atoms with Gasteiger partial charge in [-0.15, -0.1) is 0 Å². The number of amides is 2. The second kappa shape index (κ2) is 7.83. The van der Waals surface area contributed by atoms with Gasteiger partial charge in [-0.2, -0.15) is 0 Å². The first-order valence-corrected chi connectivity index (χ1v) is 8.15. The van der Waals surface area contributed by atoms with Gasteiger partial charge in [0.2, 0.25) is 0 Å². The molecule has 1 unspecified atom stereocenters. The summed E-state index contributed by atoms with van der Waals surface area (Å²) in [6, 6.07) is 12.8. The Kier molecular flexibility index (Phi) is 5.80. The molecule has 5 heteroatoms. The summed E-state index contributed by atoms with van der Waals surface area (Å²) in [5.74, 6) is 0.208. The highest BCUT2D eigenvalue weighted by Crippen LogP contribution is 2.22. The molecule has 0 aliphatic heterocycles. The molecule has 0 saturated carbocycles. The number of anilines is 1. The summed E-state index contributed by atoms with van der Waals surface area (Å²) in [6.07, 6.45) is -0.692. The summed E-state index contributed by atoms with van der Waals surface area (Å²) in [7, 11) is 3.35. The lowest BCUT2D eigenvalue weighted by molar-refractivity contribution is -0.122. The Morgan fingerprint density at radius 1 is 1.08 bits per heavy atom. The highest BCUT2D eigenvalue weighted by Gasteiger charge is 2.19. The first-order chi connectivity index (χ1) is 11.8. The molecule has 2 rings (SSSR count). The molecular weight excluding hydrogens is 316 g/mol. The molecule has 2 aromatic rings. The number of rotatable bonds is 5. The Morgan fingerprint density at radius 3 is 2.44 bits per heavy atom. The van der Waals surface area contributed by atoms with Gasteiger partial charge >= 0.3 is 0 Å². The summed E-state index contributed by atoms with van der Waals surface area (Å²) in [5, 5.41) is 2.79. The smallest absolute Gasteiger partial charge is 0.265 e. The van der Waals surface area contributed by atoms with Gasteiger partial charge in [0.15, 0.2) is 6.10 Å². The molecule has 0 aromatic heterocycles. The van der Waals surface area contributed by atoms with Crippen LogP contribution >= 0.6 is 0 Å². The number of hydrogen-bond acceptors (Lipinski definition) is 3. The average Bonchev–Trinajstić information content (AvgIpc) is 2.57. The van der Waals surface area contributed by atoms with E-state index >= 15 is 0 Å². The molecule has 2 aromatic carbocycles. The predicted octanol–water partition coefficient (Wildman–Crippen LogP) is 3.41.